The van der Waals surface area contributed by atoms with Crippen LogP contribution >= 0.6 is 0 Å². The van der Waals surface area contributed by atoms with E-state index >= 15 is 0 Å². The molecule has 0 aliphatic heterocycles. The zero-order valence-corrected chi connectivity index (χ0v) is 13.1. The third-order valence-electron chi connectivity index (χ3n) is 3.76. The first-order valence-electron chi connectivity index (χ1n) is 7.68. The second-order valence-electron chi connectivity index (χ2n) is 5.47. The molecule has 1 heterocycles. The Morgan fingerprint density at radius 3 is 2.68 bits per heavy atom. The summed E-state index contributed by atoms with van der Waals surface area (Å²) in [6.45, 7) is 0. The summed E-state index contributed by atoms with van der Waals surface area (Å²) in [7, 11) is 0. The van der Waals surface area contributed by atoms with Crippen molar-refractivity contribution in [3.05, 3.63) is 78.1 Å². The number of aromatic nitrogens is 1. The molecule has 0 aliphatic carbocycles. The van der Waals surface area contributed by atoms with Crippen molar-refractivity contribution >= 4 is 23.0 Å². The Bertz CT molecular complexity index is 1070. The fraction of sp³-hybridized carbons (Fsp3) is 0. The van der Waals surface area contributed by atoms with E-state index in [1.54, 1.807) is 24.3 Å². The van der Waals surface area contributed by atoms with E-state index in [1.165, 1.54) is 18.3 Å². The molecule has 4 nitrogen and oxygen atoms in total. The standard InChI is InChI=1S/C20H13FN2O2/c21-16-8-4-7-14(19(16)24)12-22-15-9-10-18-17(11-15)23-20(25-18)13-5-2-1-3-6-13/h1-12,24H/b22-12+. The zero-order chi connectivity index (χ0) is 17.2. The number of halogens is 1. The number of nitrogens with zero attached hydrogens (tertiary/aromatic N) is 2. The molecular formula is C20H13FN2O2. The van der Waals surface area contributed by atoms with Crippen molar-refractivity contribution in [2.45, 2.75) is 0 Å². The summed E-state index contributed by atoms with van der Waals surface area (Å²) in [5, 5.41) is 9.68. The number of aliphatic imine (C=N–C) groups is 1. The number of oxazole rings is 1. The largest absolute Gasteiger partial charge is 0.504 e. The van der Waals surface area contributed by atoms with Gasteiger partial charge in [0.1, 0.15) is 5.52 Å². The van der Waals surface area contributed by atoms with E-state index in [0.29, 0.717) is 28.2 Å². The quantitative estimate of drug-likeness (QED) is 0.532. The van der Waals surface area contributed by atoms with E-state index in [9.17, 15) is 9.50 Å². The van der Waals surface area contributed by atoms with Gasteiger partial charge in [0.15, 0.2) is 17.1 Å². The first kappa shape index (κ1) is 15.1. The van der Waals surface area contributed by atoms with Crippen LogP contribution in [0.2, 0.25) is 0 Å². The number of hydrogen-bond donors (Lipinski definition) is 1. The topological polar surface area (TPSA) is 58.6 Å². The van der Waals surface area contributed by atoms with E-state index in [4.69, 9.17) is 4.42 Å². The summed E-state index contributed by atoms with van der Waals surface area (Å²) in [5.41, 5.74) is 3.17. The summed E-state index contributed by atoms with van der Waals surface area (Å²) >= 11 is 0. The van der Waals surface area contributed by atoms with Gasteiger partial charge in [-0.2, -0.15) is 0 Å². The van der Waals surface area contributed by atoms with Crippen LogP contribution in [0.25, 0.3) is 22.6 Å². The fourth-order valence-corrected chi connectivity index (χ4v) is 2.48. The average Bonchev–Trinajstić information content (AvgIpc) is 3.07. The van der Waals surface area contributed by atoms with Gasteiger partial charge in [-0.15, -0.1) is 0 Å². The second kappa shape index (κ2) is 6.20. The SMILES string of the molecule is Oc1c(F)cccc1/C=N/c1ccc2oc(-c3ccccc3)nc2c1. The highest BCUT2D eigenvalue weighted by Gasteiger charge is 2.08. The number of phenols is 1. The minimum atomic E-state index is -0.677. The van der Waals surface area contributed by atoms with Gasteiger partial charge in [-0.3, -0.25) is 4.99 Å². The predicted octanol–water partition coefficient (Wildman–Crippen LogP) is 5.09. The lowest BCUT2D eigenvalue weighted by atomic mass is 10.2. The van der Waals surface area contributed by atoms with Gasteiger partial charge in [0.2, 0.25) is 5.89 Å². The van der Waals surface area contributed by atoms with Crippen LogP contribution < -0.4 is 0 Å². The zero-order valence-electron chi connectivity index (χ0n) is 13.1. The minimum Gasteiger partial charge on any atom is -0.504 e. The Morgan fingerprint density at radius 1 is 1.00 bits per heavy atom. The normalized spacial score (nSPS) is 11.4. The van der Waals surface area contributed by atoms with Gasteiger partial charge in [-0.25, -0.2) is 9.37 Å². The van der Waals surface area contributed by atoms with Crippen molar-refractivity contribution in [2.24, 2.45) is 4.99 Å². The van der Waals surface area contributed by atoms with E-state index in [-0.39, 0.29) is 0 Å². The summed E-state index contributed by atoms with van der Waals surface area (Å²) in [6.07, 6.45) is 1.41. The number of para-hydroxylation sites is 1. The minimum absolute atomic E-state index is 0.310. The molecule has 5 heteroatoms. The van der Waals surface area contributed by atoms with Crippen molar-refractivity contribution in [3.63, 3.8) is 0 Å². The Hall–Kier alpha value is -3.47. The molecule has 0 saturated heterocycles. The average molecular weight is 332 g/mol. The van der Waals surface area contributed by atoms with Crippen LogP contribution in [0.5, 0.6) is 5.75 Å². The summed E-state index contributed by atoms with van der Waals surface area (Å²) < 4.78 is 19.1. The van der Waals surface area contributed by atoms with Gasteiger partial charge in [-0.1, -0.05) is 24.3 Å². The third-order valence-corrected chi connectivity index (χ3v) is 3.76. The molecule has 25 heavy (non-hydrogen) atoms. The van der Waals surface area contributed by atoms with Crippen molar-refractivity contribution in [2.75, 3.05) is 0 Å². The molecule has 3 aromatic carbocycles. The highest BCUT2D eigenvalue weighted by atomic mass is 19.1. The van der Waals surface area contributed by atoms with Crippen LogP contribution in [0, 0.1) is 5.82 Å². The number of benzene rings is 3. The van der Waals surface area contributed by atoms with Crippen LogP contribution in [0.15, 0.2) is 76.1 Å². The second-order valence-corrected chi connectivity index (χ2v) is 5.47. The lowest BCUT2D eigenvalue weighted by molar-refractivity contribution is 0.431. The van der Waals surface area contributed by atoms with Crippen LogP contribution in [0.4, 0.5) is 10.1 Å². The highest BCUT2D eigenvalue weighted by molar-refractivity contribution is 5.87. The van der Waals surface area contributed by atoms with Gasteiger partial charge in [0.25, 0.3) is 0 Å². The van der Waals surface area contributed by atoms with Crippen molar-refractivity contribution in [3.8, 4) is 17.2 Å². The molecule has 0 amide bonds. The van der Waals surface area contributed by atoms with E-state index in [1.807, 2.05) is 30.3 Å². The summed E-state index contributed by atoms with van der Waals surface area (Å²) in [4.78, 5) is 8.76. The molecule has 0 unspecified atom stereocenters. The molecule has 0 atom stereocenters. The molecule has 0 radical (unpaired) electrons. The molecule has 0 fully saturated rings. The number of phenolic OH excluding ortho intramolecular Hbond substituents is 1. The Balaban J connectivity index is 1.67. The van der Waals surface area contributed by atoms with Gasteiger partial charge in [-0.05, 0) is 42.5 Å². The van der Waals surface area contributed by atoms with E-state index < -0.39 is 11.6 Å². The maximum absolute atomic E-state index is 13.3. The smallest absolute Gasteiger partial charge is 0.227 e. The molecule has 122 valence electrons. The molecule has 0 spiro atoms. The van der Waals surface area contributed by atoms with Gasteiger partial charge in [0.05, 0.1) is 5.69 Å². The van der Waals surface area contributed by atoms with Gasteiger partial charge in [0, 0.05) is 17.3 Å². The molecule has 0 bridgehead atoms. The first-order valence-corrected chi connectivity index (χ1v) is 7.68. The summed E-state index contributed by atoms with van der Waals surface area (Å²) in [5.74, 6) is -0.553. The van der Waals surface area contributed by atoms with Gasteiger partial charge >= 0.3 is 0 Å². The van der Waals surface area contributed by atoms with Crippen molar-refractivity contribution in [1.82, 2.24) is 4.98 Å². The van der Waals surface area contributed by atoms with Crippen LogP contribution in [0.1, 0.15) is 5.56 Å². The number of rotatable bonds is 3. The molecule has 0 saturated carbocycles. The number of aromatic hydroxyl groups is 1. The van der Waals surface area contributed by atoms with E-state index in [0.717, 1.165) is 5.56 Å². The lowest BCUT2D eigenvalue weighted by Crippen LogP contribution is -1.85. The Kier molecular flexibility index (Phi) is 3.74. The third kappa shape index (κ3) is 2.99. The Labute approximate surface area is 142 Å². The van der Waals surface area contributed by atoms with Crippen LogP contribution in [-0.4, -0.2) is 16.3 Å². The fourth-order valence-electron chi connectivity index (χ4n) is 2.48. The number of hydrogen-bond acceptors (Lipinski definition) is 4. The van der Waals surface area contributed by atoms with Gasteiger partial charge < -0.3 is 9.52 Å². The highest BCUT2D eigenvalue weighted by Crippen LogP contribution is 2.27. The molecule has 1 N–H and O–H groups in total. The lowest BCUT2D eigenvalue weighted by Gasteiger charge is -1.99. The maximum Gasteiger partial charge on any atom is 0.227 e. The van der Waals surface area contributed by atoms with Crippen molar-refractivity contribution in [1.29, 1.82) is 0 Å². The first-order chi connectivity index (χ1) is 12.2. The molecule has 0 aliphatic rings. The van der Waals surface area contributed by atoms with E-state index in [2.05, 4.69) is 9.98 Å². The Morgan fingerprint density at radius 2 is 1.84 bits per heavy atom. The molecule has 4 rings (SSSR count). The molecule has 1 aromatic heterocycles. The number of fused-ring (bicyclic) bond motifs is 1. The summed E-state index contributed by atoms with van der Waals surface area (Å²) in [6, 6.07) is 19.3. The monoisotopic (exact) mass is 332 g/mol. The maximum atomic E-state index is 13.3. The molecule has 4 aromatic rings. The van der Waals surface area contributed by atoms with Crippen LogP contribution in [0.3, 0.4) is 0 Å². The van der Waals surface area contributed by atoms with Crippen molar-refractivity contribution < 1.29 is 13.9 Å². The predicted molar refractivity (Wildman–Crippen MR) is 94.8 cm³/mol. The molecular weight excluding hydrogens is 319 g/mol. The van der Waals surface area contributed by atoms with Crippen LogP contribution in [-0.2, 0) is 0 Å².